The molecule has 8 nitrogen and oxygen atoms in total. The molecule has 2 aromatic heterocycles. The maximum atomic E-state index is 13.4. The molecule has 0 fully saturated rings. The first kappa shape index (κ1) is 25.1. The number of H-pyrrole nitrogens is 1. The van der Waals surface area contributed by atoms with Crippen LogP contribution in [-0.4, -0.2) is 35.7 Å². The number of aryl methyl sites for hydroxylation is 1. The quantitative estimate of drug-likeness (QED) is 0.264. The zero-order chi connectivity index (χ0) is 26.3. The first-order valence-corrected chi connectivity index (χ1v) is 12.9. The van der Waals surface area contributed by atoms with E-state index in [1.807, 2.05) is 78.9 Å². The molecular formula is C30H30N6O2. The lowest BCUT2D eigenvalue weighted by molar-refractivity contribution is 0.0909. The number of rotatable bonds is 10. The SMILES string of the molecule is CCCCCc1cn(C(=O)Cc2ccccc2)c(=O)n1Cc1ccc(-c2ccccc2-c2nnn[nH]2)cc1. The van der Waals surface area contributed by atoms with Crippen LogP contribution in [0.4, 0.5) is 0 Å². The average Bonchev–Trinajstić information content (AvgIpc) is 3.59. The molecule has 0 bridgehead atoms. The number of hydrogen-bond acceptors (Lipinski definition) is 5. The third-order valence-corrected chi connectivity index (χ3v) is 6.70. The highest BCUT2D eigenvalue weighted by Gasteiger charge is 2.17. The molecule has 0 aliphatic carbocycles. The van der Waals surface area contributed by atoms with Crippen molar-refractivity contribution in [1.29, 1.82) is 0 Å². The molecule has 0 saturated heterocycles. The number of carbonyl (C=O) groups is 1. The van der Waals surface area contributed by atoms with Crippen molar-refractivity contribution >= 4 is 5.91 Å². The Hall–Kier alpha value is -4.59. The van der Waals surface area contributed by atoms with Gasteiger partial charge in [0.1, 0.15) is 0 Å². The standard InChI is InChI=1S/C30H30N6O2/c1-2-3-5-12-25-21-36(28(37)19-22-10-6-4-7-11-22)30(38)35(25)20-23-15-17-24(18-16-23)26-13-8-9-14-27(26)29-31-33-34-32-29/h4,6-11,13-18,21H,2-3,5,12,19-20H2,1H3,(H,31,32,33,34). The summed E-state index contributed by atoms with van der Waals surface area (Å²) in [5.41, 5.74) is 5.41. The Morgan fingerprint density at radius 1 is 0.868 bits per heavy atom. The molecule has 192 valence electrons. The normalized spacial score (nSPS) is 11.1. The number of aromatic amines is 1. The summed E-state index contributed by atoms with van der Waals surface area (Å²) >= 11 is 0. The van der Waals surface area contributed by atoms with E-state index in [4.69, 9.17) is 0 Å². The predicted molar refractivity (Wildman–Crippen MR) is 147 cm³/mol. The number of tetrazole rings is 1. The van der Waals surface area contributed by atoms with E-state index in [2.05, 4.69) is 27.5 Å². The fourth-order valence-electron chi connectivity index (χ4n) is 4.67. The van der Waals surface area contributed by atoms with Crippen LogP contribution >= 0.6 is 0 Å². The molecule has 0 atom stereocenters. The van der Waals surface area contributed by atoms with Crippen LogP contribution < -0.4 is 5.69 Å². The second-order valence-electron chi connectivity index (χ2n) is 9.36. The maximum Gasteiger partial charge on any atom is 0.335 e. The minimum atomic E-state index is -0.287. The van der Waals surface area contributed by atoms with Crippen LogP contribution in [0.3, 0.4) is 0 Å². The molecule has 3 aromatic carbocycles. The minimum Gasteiger partial charge on any atom is -0.292 e. The number of nitrogens with zero attached hydrogens (tertiary/aromatic N) is 5. The zero-order valence-corrected chi connectivity index (χ0v) is 21.4. The van der Waals surface area contributed by atoms with E-state index in [-0.39, 0.29) is 18.0 Å². The summed E-state index contributed by atoms with van der Waals surface area (Å²) < 4.78 is 3.02. The summed E-state index contributed by atoms with van der Waals surface area (Å²) in [5.74, 6) is 0.389. The largest absolute Gasteiger partial charge is 0.335 e. The Labute approximate surface area is 221 Å². The van der Waals surface area contributed by atoms with E-state index in [1.54, 1.807) is 10.8 Å². The second-order valence-corrected chi connectivity index (χ2v) is 9.36. The number of hydrogen-bond donors (Lipinski definition) is 1. The summed E-state index contributed by atoms with van der Waals surface area (Å²) in [6.07, 6.45) is 5.81. The van der Waals surface area contributed by atoms with Crippen LogP contribution in [0.2, 0.25) is 0 Å². The fraction of sp³-hybridized carbons (Fsp3) is 0.233. The Morgan fingerprint density at radius 2 is 1.61 bits per heavy atom. The molecule has 0 aliphatic heterocycles. The number of aromatic nitrogens is 6. The van der Waals surface area contributed by atoms with Crippen LogP contribution in [0, 0.1) is 0 Å². The fourth-order valence-corrected chi connectivity index (χ4v) is 4.67. The molecule has 0 radical (unpaired) electrons. The predicted octanol–water partition coefficient (Wildman–Crippen LogP) is 5.16. The van der Waals surface area contributed by atoms with Gasteiger partial charge in [-0.15, -0.1) is 5.10 Å². The molecule has 1 N–H and O–H groups in total. The molecule has 0 amide bonds. The van der Waals surface area contributed by atoms with Crippen molar-refractivity contribution in [1.82, 2.24) is 29.8 Å². The van der Waals surface area contributed by atoms with Gasteiger partial charge in [-0.25, -0.2) is 14.5 Å². The molecule has 8 heteroatoms. The summed E-state index contributed by atoms with van der Waals surface area (Å²) in [7, 11) is 0. The van der Waals surface area contributed by atoms with E-state index >= 15 is 0 Å². The van der Waals surface area contributed by atoms with Crippen LogP contribution in [-0.2, 0) is 19.4 Å². The number of imidazole rings is 1. The van der Waals surface area contributed by atoms with Gasteiger partial charge in [0.05, 0.1) is 13.0 Å². The topological polar surface area (TPSA) is 98.5 Å². The van der Waals surface area contributed by atoms with Gasteiger partial charge in [-0.1, -0.05) is 98.6 Å². The lowest BCUT2D eigenvalue weighted by Gasteiger charge is -2.10. The van der Waals surface area contributed by atoms with E-state index in [0.717, 1.165) is 59.2 Å². The van der Waals surface area contributed by atoms with Gasteiger partial charge >= 0.3 is 5.69 Å². The van der Waals surface area contributed by atoms with E-state index in [9.17, 15) is 9.59 Å². The summed E-state index contributed by atoms with van der Waals surface area (Å²) in [6.45, 7) is 2.56. The van der Waals surface area contributed by atoms with Crippen molar-refractivity contribution in [2.45, 2.75) is 45.6 Å². The zero-order valence-electron chi connectivity index (χ0n) is 21.4. The summed E-state index contributed by atoms with van der Waals surface area (Å²) in [6, 6.07) is 25.6. The van der Waals surface area contributed by atoms with Gasteiger partial charge in [0, 0.05) is 17.5 Å². The number of carbonyl (C=O) groups excluding carboxylic acids is 1. The number of nitrogens with one attached hydrogen (secondary N) is 1. The highest BCUT2D eigenvalue weighted by atomic mass is 16.2. The van der Waals surface area contributed by atoms with Crippen molar-refractivity contribution in [3.05, 3.63) is 112 Å². The summed E-state index contributed by atoms with van der Waals surface area (Å²) in [5, 5.41) is 14.3. The van der Waals surface area contributed by atoms with Crippen LogP contribution in [0.5, 0.6) is 0 Å². The third-order valence-electron chi connectivity index (χ3n) is 6.70. The minimum absolute atomic E-state index is 0.188. The van der Waals surface area contributed by atoms with Crippen molar-refractivity contribution < 1.29 is 4.79 Å². The number of benzene rings is 3. The van der Waals surface area contributed by atoms with Gasteiger partial charge in [-0.2, -0.15) is 0 Å². The Kier molecular flexibility index (Phi) is 7.68. The van der Waals surface area contributed by atoms with Gasteiger partial charge in [0.2, 0.25) is 5.91 Å². The second kappa shape index (κ2) is 11.6. The van der Waals surface area contributed by atoms with E-state index in [0.29, 0.717) is 12.4 Å². The summed E-state index contributed by atoms with van der Waals surface area (Å²) in [4.78, 5) is 26.5. The molecular weight excluding hydrogens is 476 g/mol. The van der Waals surface area contributed by atoms with Crippen LogP contribution in [0.1, 0.15) is 47.8 Å². The van der Waals surface area contributed by atoms with Crippen molar-refractivity contribution in [2.24, 2.45) is 0 Å². The molecule has 0 unspecified atom stereocenters. The van der Waals surface area contributed by atoms with Crippen molar-refractivity contribution in [2.75, 3.05) is 0 Å². The first-order valence-electron chi connectivity index (χ1n) is 12.9. The molecule has 38 heavy (non-hydrogen) atoms. The number of unbranched alkanes of at least 4 members (excludes halogenated alkanes) is 2. The van der Waals surface area contributed by atoms with Crippen LogP contribution in [0.15, 0.2) is 89.9 Å². The lowest BCUT2D eigenvalue weighted by Crippen LogP contribution is -2.30. The third kappa shape index (κ3) is 5.54. The van der Waals surface area contributed by atoms with Crippen molar-refractivity contribution in [3.63, 3.8) is 0 Å². The molecule has 5 rings (SSSR count). The van der Waals surface area contributed by atoms with Gasteiger partial charge in [0.25, 0.3) is 0 Å². The Bertz CT molecular complexity index is 1550. The molecule has 2 heterocycles. The lowest BCUT2D eigenvalue weighted by atomic mass is 9.98. The maximum absolute atomic E-state index is 13.4. The van der Waals surface area contributed by atoms with E-state index in [1.165, 1.54) is 4.57 Å². The van der Waals surface area contributed by atoms with Gasteiger partial charge < -0.3 is 0 Å². The van der Waals surface area contributed by atoms with Gasteiger partial charge in [0.15, 0.2) is 5.82 Å². The molecule has 0 saturated carbocycles. The molecule has 5 aromatic rings. The van der Waals surface area contributed by atoms with Crippen LogP contribution in [0.25, 0.3) is 22.5 Å². The van der Waals surface area contributed by atoms with E-state index < -0.39 is 0 Å². The molecule has 0 spiro atoms. The van der Waals surface area contributed by atoms with Gasteiger partial charge in [-0.05, 0) is 45.5 Å². The Balaban J connectivity index is 1.41. The Morgan fingerprint density at radius 3 is 2.32 bits per heavy atom. The first-order chi connectivity index (χ1) is 18.6. The average molecular weight is 507 g/mol. The van der Waals surface area contributed by atoms with Gasteiger partial charge in [-0.3, -0.25) is 9.36 Å². The van der Waals surface area contributed by atoms with Crippen molar-refractivity contribution in [3.8, 4) is 22.5 Å². The smallest absolute Gasteiger partial charge is 0.292 e. The highest BCUT2D eigenvalue weighted by molar-refractivity contribution is 5.81. The molecule has 0 aliphatic rings. The monoisotopic (exact) mass is 506 g/mol. The highest BCUT2D eigenvalue weighted by Crippen LogP contribution is 2.29.